The number of ketones is 1. The molecule has 0 radical (unpaired) electrons. The van der Waals surface area contributed by atoms with Gasteiger partial charge in [0.15, 0.2) is 17.3 Å². The number of rotatable bonds is 1. The molecule has 14 heavy (non-hydrogen) atoms. The zero-order valence-corrected chi connectivity index (χ0v) is 8.32. The van der Waals surface area contributed by atoms with Gasteiger partial charge in [0.05, 0.1) is 12.1 Å². The van der Waals surface area contributed by atoms with Gasteiger partial charge < -0.3 is 4.74 Å². The van der Waals surface area contributed by atoms with E-state index < -0.39 is 5.82 Å². The van der Waals surface area contributed by atoms with Crippen molar-refractivity contribution in [1.82, 2.24) is 0 Å². The Morgan fingerprint density at radius 3 is 2.86 bits per heavy atom. The molecule has 0 bridgehead atoms. The van der Waals surface area contributed by atoms with Crippen LogP contribution < -0.4 is 4.74 Å². The normalized spacial score (nSPS) is 14.4. The number of carbonyl (C=O) groups is 1. The van der Waals surface area contributed by atoms with Crippen LogP contribution in [-0.4, -0.2) is 12.9 Å². The van der Waals surface area contributed by atoms with Crippen molar-refractivity contribution in [2.24, 2.45) is 0 Å². The minimum Gasteiger partial charge on any atom is -0.492 e. The van der Waals surface area contributed by atoms with E-state index in [0.717, 1.165) is 0 Å². The predicted molar refractivity (Wildman–Crippen MR) is 50.6 cm³/mol. The Morgan fingerprint density at radius 2 is 2.21 bits per heavy atom. The number of fused-ring (bicyclic) bond motifs is 1. The first-order valence-electron chi connectivity index (χ1n) is 4.23. The van der Waals surface area contributed by atoms with Crippen LogP contribution >= 0.6 is 11.6 Å². The number of benzene rings is 1. The molecule has 0 amide bonds. The molecule has 0 spiro atoms. The van der Waals surface area contributed by atoms with Crippen LogP contribution in [0.15, 0.2) is 6.07 Å². The number of hydrogen-bond acceptors (Lipinski definition) is 2. The van der Waals surface area contributed by atoms with E-state index in [1.54, 1.807) is 0 Å². The Labute approximate surface area is 85.6 Å². The first-order valence-corrected chi connectivity index (χ1v) is 4.61. The first-order chi connectivity index (χ1) is 6.65. The third kappa shape index (κ3) is 1.20. The van der Waals surface area contributed by atoms with E-state index in [1.807, 2.05) is 0 Å². The molecule has 0 aromatic heterocycles. The molecule has 1 aromatic carbocycles. The molecule has 1 aliphatic carbocycles. The van der Waals surface area contributed by atoms with Crippen LogP contribution in [0.4, 0.5) is 4.39 Å². The van der Waals surface area contributed by atoms with E-state index in [2.05, 4.69) is 0 Å². The highest BCUT2D eigenvalue weighted by molar-refractivity contribution is 6.33. The lowest BCUT2D eigenvalue weighted by Crippen LogP contribution is -1.97. The Hall–Kier alpha value is -1.09. The topological polar surface area (TPSA) is 26.3 Å². The van der Waals surface area contributed by atoms with Crippen LogP contribution in [0.1, 0.15) is 22.3 Å². The third-order valence-corrected chi connectivity index (χ3v) is 2.78. The molecule has 2 rings (SSSR count). The number of methoxy groups -OCH3 is 1. The van der Waals surface area contributed by atoms with E-state index in [0.29, 0.717) is 24.0 Å². The number of halogens is 2. The summed E-state index contributed by atoms with van der Waals surface area (Å²) in [7, 11) is 1.35. The van der Waals surface area contributed by atoms with Crippen LogP contribution in [0.3, 0.4) is 0 Å². The van der Waals surface area contributed by atoms with Crippen molar-refractivity contribution in [2.75, 3.05) is 7.11 Å². The van der Waals surface area contributed by atoms with Gasteiger partial charge >= 0.3 is 0 Å². The molecule has 0 saturated carbocycles. The van der Waals surface area contributed by atoms with Crippen molar-refractivity contribution >= 4 is 17.4 Å². The lowest BCUT2D eigenvalue weighted by molar-refractivity contribution is 0.0994. The summed E-state index contributed by atoms with van der Waals surface area (Å²) in [5.74, 6) is -0.602. The number of ether oxygens (including phenoxy) is 1. The summed E-state index contributed by atoms with van der Waals surface area (Å²) in [6.45, 7) is 0. The van der Waals surface area contributed by atoms with Crippen LogP contribution in [-0.2, 0) is 6.42 Å². The molecule has 4 heteroatoms. The van der Waals surface area contributed by atoms with Crippen molar-refractivity contribution in [3.05, 3.63) is 28.0 Å². The van der Waals surface area contributed by atoms with Gasteiger partial charge in [0.25, 0.3) is 0 Å². The monoisotopic (exact) mass is 214 g/mol. The summed E-state index contributed by atoms with van der Waals surface area (Å²) in [5.41, 5.74) is 1.10. The van der Waals surface area contributed by atoms with Gasteiger partial charge in [-0.15, -0.1) is 0 Å². The highest BCUT2D eigenvalue weighted by Crippen LogP contribution is 2.37. The van der Waals surface area contributed by atoms with Gasteiger partial charge in [-0.3, -0.25) is 4.79 Å². The van der Waals surface area contributed by atoms with Crippen molar-refractivity contribution < 1.29 is 13.9 Å². The zero-order chi connectivity index (χ0) is 10.3. The van der Waals surface area contributed by atoms with Gasteiger partial charge in [-0.2, -0.15) is 0 Å². The number of hydrogen-bond donors (Lipinski definition) is 0. The summed E-state index contributed by atoms with van der Waals surface area (Å²) >= 11 is 5.91. The quantitative estimate of drug-likeness (QED) is 0.718. The highest BCUT2D eigenvalue weighted by Gasteiger charge is 2.26. The van der Waals surface area contributed by atoms with Gasteiger partial charge in [0.2, 0.25) is 0 Å². The largest absolute Gasteiger partial charge is 0.492 e. The van der Waals surface area contributed by atoms with Crippen molar-refractivity contribution in [3.8, 4) is 5.75 Å². The van der Waals surface area contributed by atoms with Crippen molar-refractivity contribution in [2.45, 2.75) is 12.8 Å². The molecule has 0 fully saturated rings. The summed E-state index contributed by atoms with van der Waals surface area (Å²) < 4.78 is 18.1. The third-order valence-electron chi connectivity index (χ3n) is 2.38. The fraction of sp³-hybridized carbons (Fsp3) is 0.300. The second-order valence-corrected chi connectivity index (χ2v) is 3.53. The van der Waals surface area contributed by atoms with Crippen LogP contribution in [0.5, 0.6) is 5.75 Å². The molecule has 0 atom stereocenters. The smallest absolute Gasteiger partial charge is 0.173 e. The first kappa shape index (κ1) is 9.46. The molecule has 74 valence electrons. The van der Waals surface area contributed by atoms with E-state index in [9.17, 15) is 9.18 Å². The second-order valence-electron chi connectivity index (χ2n) is 3.15. The minimum atomic E-state index is -0.577. The maximum absolute atomic E-state index is 13.3. The van der Waals surface area contributed by atoms with Crippen LogP contribution in [0.25, 0.3) is 0 Å². The van der Waals surface area contributed by atoms with Gasteiger partial charge in [0, 0.05) is 12.0 Å². The van der Waals surface area contributed by atoms with E-state index in [4.69, 9.17) is 16.3 Å². The molecule has 0 saturated heterocycles. The zero-order valence-electron chi connectivity index (χ0n) is 7.56. The lowest BCUT2D eigenvalue weighted by Gasteiger charge is -2.08. The van der Waals surface area contributed by atoms with Crippen molar-refractivity contribution in [3.63, 3.8) is 0 Å². The maximum atomic E-state index is 13.3. The van der Waals surface area contributed by atoms with Gasteiger partial charge in [-0.25, -0.2) is 4.39 Å². The molecular weight excluding hydrogens is 207 g/mol. The fourth-order valence-electron chi connectivity index (χ4n) is 1.69. The van der Waals surface area contributed by atoms with Gasteiger partial charge in [-0.05, 0) is 18.1 Å². The molecule has 1 aromatic rings. The van der Waals surface area contributed by atoms with E-state index in [-0.39, 0.29) is 16.6 Å². The molecule has 2 nitrogen and oxygen atoms in total. The minimum absolute atomic E-state index is 0.0279. The predicted octanol–water partition coefficient (Wildman–Crippen LogP) is 2.62. The average molecular weight is 215 g/mol. The SMILES string of the molecule is COc1c(F)cc2c(c1Cl)CCC2=O. The number of carbonyl (C=O) groups excluding carboxylic acids is 1. The molecule has 0 aliphatic heterocycles. The Morgan fingerprint density at radius 1 is 1.50 bits per heavy atom. The van der Waals surface area contributed by atoms with Crippen LogP contribution in [0.2, 0.25) is 5.02 Å². The Kier molecular flexibility index (Phi) is 2.19. The summed E-state index contributed by atoms with van der Waals surface area (Å²) in [5, 5.41) is 0.230. The van der Waals surface area contributed by atoms with Crippen LogP contribution in [0, 0.1) is 5.82 Å². The number of Topliss-reactive ketones (excluding diaryl/α,β-unsaturated/α-hetero) is 1. The molecular formula is C10H8ClFO2. The van der Waals surface area contributed by atoms with Crippen molar-refractivity contribution in [1.29, 1.82) is 0 Å². The lowest BCUT2D eigenvalue weighted by atomic mass is 10.1. The summed E-state index contributed by atoms with van der Waals surface area (Å²) in [4.78, 5) is 11.3. The van der Waals surface area contributed by atoms with E-state index >= 15 is 0 Å². The highest BCUT2D eigenvalue weighted by atomic mass is 35.5. The molecule has 0 unspecified atom stereocenters. The summed E-state index contributed by atoms with van der Waals surface area (Å²) in [6, 6.07) is 1.20. The summed E-state index contributed by atoms with van der Waals surface area (Å²) in [6.07, 6.45) is 0.977. The average Bonchev–Trinajstić information content (AvgIpc) is 2.49. The van der Waals surface area contributed by atoms with Gasteiger partial charge in [0.1, 0.15) is 0 Å². The van der Waals surface area contributed by atoms with E-state index in [1.165, 1.54) is 13.2 Å². The Balaban J connectivity index is 2.68. The second kappa shape index (κ2) is 3.24. The fourth-order valence-corrected chi connectivity index (χ4v) is 2.06. The molecule has 0 N–H and O–H groups in total. The van der Waals surface area contributed by atoms with Gasteiger partial charge in [-0.1, -0.05) is 11.6 Å². The molecule has 0 heterocycles. The standard InChI is InChI=1S/C10H8ClFO2/c1-14-10-7(12)4-6-5(9(10)11)2-3-8(6)13/h4H,2-3H2,1H3. The molecule has 1 aliphatic rings. The Bertz CT molecular complexity index is 415. The maximum Gasteiger partial charge on any atom is 0.173 e.